The van der Waals surface area contributed by atoms with Crippen LogP contribution in [0.15, 0.2) is 18.2 Å². The molecule has 0 aromatic heterocycles. The van der Waals surface area contributed by atoms with E-state index in [1.54, 1.807) is 0 Å². The van der Waals surface area contributed by atoms with E-state index in [-0.39, 0.29) is 23.0 Å². The van der Waals surface area contributed by atoms with Gasteiger partial charge in [0.05, 0.1) is 0 Å². The van der Waals surface area contributed by atoms with E-state index in [1.807, 2.05) is 18.2 Å². The molecular weight excluding hydrogens is 250 g/mol. The van der Waals surface area contributed by atoms with Crippen molar-refractivity contribution in [2.24, 2.45) is 11.3 Å². The maximum Gasteiger partial charge on any atom is 0.224 e. The lowest BCUT2D eigenvalue weighted by atomic mass is 9.77. The molecule has 1 aromatic rings. The minimum Gasteiger partial charge on any atom is -0.326 e. The fourth-order valence-corrected chi connectivity index (χ4v) is 3.55. The quantitative estimate of drug-likeness (QED) is 0.836. The zero-order valence-electron chi connectivity index (χ0n) is 12.2. The number of carbonyl (C=O) groups excluding carboxylic acids is 2. The van der Waals surface area contributed by atoms with Crippen LogP contribution < -0.4 is 5.32 Å². The van der Waals surface area contributed by atoms with Crippen LogP contribution in [0.4, 0.5) is 5.69 Å². The van der Waals surface area contributed by atoms with Gasteiger partial charge in [0.25, 0.3) is 0 Å². The lowest BCUT2D eigenvalue weighted by Crippen LogP contribution is -2.26. The van der Waals surface area contributed by atoms with Gasteiger partial charge in [-0.25, -0.2) is 0 Å². The molecule has 2 aliphatic rings. The average molecular weight is 271 g/mol. The molecule has 1 saturated carbocycles. The molecule has 1 N–H and O–H groups in total. The molecule has 1 atom stereocenters. The molecule has 0 radical (unpaired) electrons. The van der Waals surface area contributed by atoms with Gasteiger partial charge in [0.1, 0.15) is 0 Å². The molecular formula is C17H21NO2. The van der Waals surface area contributed by atoms with Gasteiger partial charge in [-0.15, -0.1) is 0 Å². The number of aryl methyl sites for hydroxylation is 1. The number of carbonyl (C=O) groups is 2. The summed E-state index contributed by atoms with van der Waals surface area (Å²) in [6.45, 7) is 4.39. The number of anilines is 1. The Hall–Kier alpha value is -1.64. The van der Waals surface area contributed by atoms with Gasteiger partial charge in [-0.3, -0.25) is 9.59 Å². The molecule has 3 nitrogen and oxygen atoms in total. The Bertz CT molecular complexity index is 574. The van der Waals surface area contributed by atoms with Crippen LogP contribution in [0.5, 0.6) is 0 Å². The molecule has 3 heteroatoms. The zero-order chi connectivity index (χ0) is 14.3. The second kappa shape index (κ2) is 4.72. The van der Waals surface area contributed by atoms with Crippen LogP contribution in [0.2, 0.25) is 0 Å². The molecule has 106 valence electrons. The van der Waals surface area contributed by atoms with E-state index in [9.17, 15) is 9.59 Å². The zero-order valence-corrected chi connectivity index (χ0v) is 12.2. The minimum atomic E-state index is 0.0634. The minimum absolute atomic E-state index is 0.0634. The summed E-state index contributed by atoms with van der Waals surface area (Å²) in [5.74, 6) is 0.472. The van der Waals surface area contributed by atoms with Crippen molar-refractivity contribution < 1.29 is 9.59 Å². The molecule has 1 unspecified atom stereocenters. The topological polar surface area (TPSA) is 46.2 Å². The summed E-state index contributed by atoms with van der Waals surface area (Å²) in [6.07, 6.45) is 4.52. The van der Waals surface area contributed by atoms with Crippen molar-refractivity contribution >= 4 is 17.4 Å². The lowest BCUT2D eigenvalue weighted by Gasteiger charge is -2.26. The molecule has 1 aliphatic heterocycles. The highest BCUT2D eigenvalue weighted by Crippen LogP contribution is 2.44. The fourth-order valence-electron chi connectivity index (χ4n) is 3.55. The third-order valence-electron chi connectivity index (χ3n) is 4.86. The van der Waals surface area contributed by atoms with Gasteiger partial charge in [0.15, 0.2) is 5.78 Å². The number of fused-ring (bicyclic) bond motifs is 1. The van der Waals surface area contributed by atoms with Crippen molar-refractivity contribution in [2.75, 3.05) is 5.32 Å². The van der Waals surface area contributed by atoms with Gasteiger partial charge in [-0.05, 0) is 48.4 Å². The maximum atomic E-state index is 12.7. The van der Waals surface area contributed by atoms with E-state index < -0.39 is 0 Å². The predicted molar refractivity (Wildman–Crippen MR) is 78.8 cm³/mol. The number of Topliss-reactive ketones (excluding diaryl/α,β-unsaturated/α-hetero) is 1. The number of hydrogen-bond acceptors (Lipinski definition) is 2. The normalized spacial score (nSPS) is 24.1. The summed E-state index contributed by atoms with van der Waals surface area (Å²) in [5, 5.41) is 2.86. The highest BCUT2D eigenvalue weighted by molar-refractivity contribution is 6.00. The highest BCUT2D eigenvalue weighted by Gasteiger charge is 2.39. The van der Waals surface area contributed by atoms with Gasteiger partial charge in [-0.2, -0.15) is 0 Å². The number of benzene rings is 1. The first-order chi connectivity index (χ1) is 9.47. The van der Waals surface area contributed by atoms with Gasteiger partial charge in [0, 0.05) is 23.6 Å². The molecule has 1 heterocycles. The molecule has 1 fully saturated rings. The summed E-state index contributed by atoms with van der Waals surface area (Å²) in [7, 11) is 0. The average Bonchev–Trinajstić information content (AvgIpc) is 2.77. The van der Waals surface area contributed by atoms with Gasteiger partial charge >= 0.3 is 0 Å². The largest absolute Gasteiger partial charge is 0.326 e. The Morgan fingerprint density at radius 1 is 1.30 bits per heavy atom. The van der Waals surface area contributed by atoms with Crippen LogP contribution in [0, 0.1) is 11.3 Å². The van der Waals surface area contributed by atoms with E-state index in [0.717, 1.165) is 42.5 Å². The van der Waals surface area contributed by atoms with Crippen LogP contribution in [0.1, 0.15) is 55.5 Å². The van der Waals surface area contributed by atoms with E-state index in [0.29, 0.717) is 6.42 Å². The fraction of sp³-hybridized carbons (Fsp3) is 0.529. The summed E-state index contributed by atoms with van der Waals surface area (Å²) in [6, 6.07) is 5.72. The molecule has 0 bridgehead atoms. The number of hydrogen-bond donors (Lipinski definition) is 1. The molecule has 1 amide bonds. The molecule has 0 saturated heterocycles. The molecule has 3 rings (SSSR count). The lowest BCUT2D eigenvalue weighted by molar-refractivity contribution is -0.116. The first kappa shape index (κ1) is 13.3. The highest BCUT2D eigenvalue weighted by atomic mass is 16.1. The van der Waals surface area contributed by atoms with Crippen molar-refractivity contribution in [1.82, 2.24) is 0 Å². The van der Waals surface area contributed by atoms with Gasteiger partial charge in [0.2, 0.25) is 5.91 Å². The second-order valence-electron chi connectivity index (χ2n) is 6.72. The SMILES string of the molecule is CC1(C)CCCC1C(=O)c1ccc2c(c1)CCC(=O)N2. The van der Waals surface area contributed by atoms with E-state index in [2.05, 4.69) is 19.2 Å². The summed E-state index contributed by atoms with van der Waals surface area (Å²) in [5.41, 5.74) is 2.87. The Kier molecular flexibility index (Phi) is 3.15. The van der Waals surface area contributed by atoms with E-state index in [4.69, 9.17) is 0 Å². The van der Waals surface area contributed by atoms with E-state index in [1.165, 1.54) is 0 Å². The number of rotatable bonds is 2. The summed E-state index contributed by atoms with van der Waals surface area (Å²) in [4.78, 5) is 24.1. The molecule has 1 aromatic carbocycles. The van der Waals surface area contributed by atoms with Crippen LogP contribution in [0.3, 0.4) is 0 Å². The van der Waals surface area contributed by atoms with E-state index >= 15 is 0 Å². The Labute approximate surface area is 119 Å². The number of nitrogens with one attached hydrogen (secondary N) is 1. The monoisotopic (exact) mass is 271 g/mol. The van der Waals surface area contributed by atoms with Gasteiger partial charge in [-0.1, -0.05) is 20.3 Å². The van der Waals surface area contributed by atoms with Crippen molar-refractivity contribution in [2.45, 2.75) is 46.0 Å². The van der Waals surface area contributed by atoms with Gasteiger partial charge < -0.3 is 5.32 Å². The Morgan fingerprint density at radius 3 is 2.80 bits per heavy atom. The second-order valence-corrected chi connectivity index (χ2v) is 6.72. The predicted octanol–water partition coefficient (Wildman–Crippen LogP) is 3.58. The first-order valence-electron chi connectivity index (χ1n) is 7.44. The standard InChI is InChI=1S/C17H21NO2/c1-17(2)9-3-4-13(17)16(20)12-5-7-14-11(10-12)6-8-15(19)18-14/h5,7,10,13H,3-4,6,8-9H2,1-2H3,(H,18,19). The molecule has 0 spiro atoms. The van der Waals surface area contributed by atoms with Crippen molar-refractivity contribution in [1.29, 1.82) is 0 Å². The van der Waals surface area contributed by atoms with Crippen molar-refractivity contribution in [3.8, 4) is 0 Å². The van der Waals surface area contributed by atoms with Crippen molar-refractivity contribution in [3.05, 3.63) is 29.3 Å². The summed E-state index contributed by atoms with van der Waals surface area (Å²) >= 11 is 0. The van der Waals surface area contributed by atoms with Crippen LogP contribution in [0.25, 0.3) is 0 Å². The first-order valence-corrected chi connectivity index (χ1v) is 7.44. The smallest absolute Gasteiger partial charge is 0.224 e. The third kappa shape index (κ3) is 2.26. The number of ketones is 1. The maximum absolute atomic E-state index is 12.7. The Morgan fingerprint density at radius 2 is 2.10 bits per heavy atom. The van der Waals surface area contributed by atoms with Crippen LogP contribution in [-0.2, 0) is 11.2 Å². The molecule has 20 heavy (non-hydrogen) atoms. The third-order valence-corrected chi connectivity index (χ3v) is 4.86. The van der Waals surface area contributed by atoms with Crippen LogP contribution in [-0.4, -0.2) is 11.7 Å². The summed E-state index contributed by atoms with van der Waals surface area (Å²) < 4.78 is 0. The van der Waals surface area contributed by atoms with Crippen molar-refractivity contribution in [3.63, 3.8) is 0 Å². The van der Waals surface area contributed by atoms with Crippen LogP contribution >= 0.6 is 0 Å². The number of amides is 1. The molecule has 1 aliphatic carbocycles. The Balaban J connectivity index is 1.88.